The molecule has 9 aromatic rings. The Morgan fingerprint density at radius 2 is 0.849 bits per heavy atom. The zero-order valence-electron chi connectivity index (χ0n) is 30.1. The van der Waals surface area contributed by atoms with Crippen molar-refractivity contribution in [3.8, 4) is 55.6 Å². The smallest absolute Gasteiger partial charge is 0.0159 e. The molecule has 2 aliphatic carbocycles. The molecule has 0 radical (unpaired) electrons. The summed E-state index contributed by atoms with van der Waals surface area (Å²) in [4.78, 5) is 0. The number of rotatable bonds is 4. The molecule has 0 nitrogen and oxygen atoms in total. The summed E-state index contributed by atoms with van der Waals surface area (Å²) >= 11 is 0. The fourth-order valence-corrected chi connectivity index (χ4v) is 9.42. The van der Waals surface area contributed by atoms with Crippen molar-refractivity contribution in [3.05, 3.63) is 192 Å². The molecule has 0 atom stereocenters. The predicted molar refractivity (Wildman–Crippen MR) is 226 cm³/mol. The first-order valence-corrected chi connectivity index (χ1v) is 18.9. The van der Waals surface area contributed by atoms with Crippen LogP contribution in [0.4, 0.5) is 0 Å². The summed E-state index contributed by atoms with van der Waals surface area (Å²) in [6, 6.07) is 59.8. The quantitative estimate of drug-likeness (QED) is 0.129. The van der Waals surface area contributed by atoms with Crippen LogP contribution in [0.25, 0.3) is 88.0 Å². The Balaban J connectivity index is 0.924. The zero-order valence-corrected chi connectivity index (χ0v) is 30.1. The van der Waals surface area contributed by atoms with Crippen molar-refractivity contribution in [3.63, 3.8) is 0 Å². The van der Waals surface area contributed by atoms with E-state index in [1.807, 2.05) is 0 Å². The summed E-state index contributed by atoms with van der Waals surface area (Å²) in [5, 5.41) is 7.95. The van der Waals surface area contributed by atoms with E-state index >= 15 is 0 Å². The monoisotopic (exact) mass is 674 g/mol. The largest absolute Gasteiger partial charge is 0.0838 e. The zero-order chi connectivity index (χ0) is 35.3. The third kappa shape index (κ3) is 4.69. The molecular formula is C53H38. The Hall–Kier alpha value is -6.24. The number of fused-ring (bicyclic) bond motifs is 4. The SMILES string of the molecule is CC1(C)c2cc(-c3ccc(-c4ccc5c(c4)CC=CC5)cc3)ccc2-c2ccc(-c3cccc(-c4ccc5ccc6cccc7ccc4c5c67)c3)cc21. The maximum absolute atomic E-state index is 2.45. The number of allylic oxidation sites excluding steroid dienone is 2. The van der Waals surface area contributed by atoms with Crippen molar-refractivity contribution in [1.29, 1.82) is 0 Å². The third-order valence-corrected chi connectivity index (χ3v) is 12.3. The summed E-state index contributed by atoms with van der Waals surface area (Å²) in [5.74, 6) is 0. The lowest BCUT2D eigenvalue weighted by Gasteiger charge is -2.23. The Morgan fingerprint density at radius 1 is 0.358 bits per heavy atom. The minimum Gasteiger partial charge on any atom is -0.0838 e. The molecule has 53 heavy (non-hydrogen) atoms. The highest BCUT2D eigenvalue weighted by Crippen LogP contribution is 2.51. The molecule has 0 unspecified atom stereocenters. The van der Waals surface area contributed by atoms with Crippen LogP contribution in [0.15, 0.2) is 170 Å². The van der Waals surface area contributed by atoms with E-state index < -0.39 is 0 Å². The molecule has 0 saturated heterocycles. The van der Waals surface area contributed by atoms with Crippen LogP contribution in [0.3, 0.4) is 0 Å². The van der Waals surface area contributed by atoms with E-state index in [1.165, 1.54) is 110 Å². The van der Waals surface area contributed by atoms with Gasteiger partial charge in [-0.2, -0.15) is 0 Å². The molecule has 0 aliphatic heterocycles. The Labute approximate surface area is 311 Å². The molecule has 0 heterocycles. The molecule has 2 aliphatic rings. The molecule has 0 aromatic heterocycles. The molecule has 0 bridgehead atoms. The van der Waals surface area contributed by atoms with Crippen molar-refractivity contribution in [2.24, 2.45) is 0 Å². The minimum atomic E-state index is -0.113. The lowest BCUT2D eigenvalue weighted by Crippen LogP contribution is -2.15. The molecule has 9 aromatic carbocycles. The van der Waals surface area contributed by atoms with Gasteiger partial charge in [-0.05, 0) is 141 Å². The molecule has 0 saturated carbocycles. The van der Waals surface area contributed by atoms with Crippen molar-refractivity contribution >= 4 is 32.3 Å². The number of hydrogen-bond acceptors (Lipinski definition) is 0. The van der Waals surface area contributed by atoms with Crippen LogP contribution in [0.1, 0.15) is 36.1 Å². The molecule has 11 rings (SSSR count). The van der Waals surface area contributed by atoms with Crippen LogP contribution in [-0.4, -0.2) is 0 Å². The number of hydrogen-bond donors (Lipinski definition) is 0. The van der Waals surface area contributed by atoms with Gasteiger partial charge in [0, 0.05) is 5.41 Å². The summed E-state index contributed by atoms with van der Waals surface area (Å²) < 4.78 is 0. The van der Waals surface area contributed by atoms with Gasteiger partial charge in [0.25, 0.3) is 0 Å². The first-order valence-electron chi connectivity index (χ1n) is 18.9. The molecular weight excluding hydrogens is 637 g/mol. The van der Waals surface area contributed by atoms with Crippen molar-refractivity contribution in [1.82, 2.24) is 0 Å². The van der Waals surface area contributed by atoms with Crippen molar-refractivity contribution < 1.29 is 0 Å². The molecule has 0 fully saturated rings. The average Bonchev–Trinajstić information content (AvgIpc) is 3.44. The van der Waals surface area contributed by atoms with Gasteiger partial charge in [-0.15, -0.1) is 0 Å². The van der Waals surface area contributed by atoms with E-state index in [0.717, 1.165) is 12.8 Å². The molecule has 250 valence electrons. The maximum Gasteiger partial charge on any atom is 0.0159 e. The second kappa shape index (κ2) is 11.4. The first-order chi connectivity index (χ1) is 26.0. The van der Waals surface area contributed by atoms with Gasteiger partial charge in [0.15, 0.2) is 0 Å². The fraction of sp³-hybridized carbons (Fsp3) is 0.0943. The van der Waals surface area contributed by atoms with Crippen LogP contribution in [0, 0.1) is 0 Å². The summed E-state index contributed by atoms with van der Waals surface area (Å²) in [7, 11) is 0. The summed E-state index contributed by atoms with van der Waals surface area (Å²) in [5.41, 5.74) is 18.4. The Morgan fingerprint density at radius 3 is 1.57 bits per heavy atom. The van der Waals surface area contributed by atoms with Crippen LogP contribution in [0.5, 0.6) is 0 Å². The van der Waals surface area contributed by atoms with Gasteiger partial charge in [0.1, 0.15) is 0 Å². The van der Waals surface area contributed by atoms with Gasteiger partial charge in [-0.1, -0.05) is 166 Å². The first kappa shape index (κ1) is 30.4. The normalized spacial score (nSPS) is 14.2. The highest BCUT2D eigenvalue weighted by atomic mass is 14.4. The van der Waals surface area contributed by atoms with Crippen LogP contribution < -0.4 is 0 Å². The Kier molecular flexibility index (Phi) is 6.53. The van der Waals surface area contributed by atoms with E-state index in [-0.39, 0.29) is 5.41 Å². The summed E-state index contributed by atoms with van der Waals surface area (Å²) in [6.07, 6.45) is 6.65. The van der Waals surface area contributed by atoms with Gasteiger partial charge in [0.2, 0.25) is 0 Å². The standard InChI is InChI=1S/C53H38/c1-53(2)49-31-42(35-15-13-34(14-16-35)41-20-17-33-7-3-4-8-39(33)29-41)23-26-46(49)47-27-24-43(32-50(47)53)40-11-6-12-44(30-40)45-25-21-38-19-18-36-9-5-10-37-22-28-48(45)52(38)51(36)37/h3-6,9-32H,7-8H2,1-2H3. The van der Waals surface area contributed by atoms with Gasteiger partial charge >= 0.3 is 0 Å². The van der Waals surface area contributed by atoms with Crippen LogP contribution in [-0.2, 0) is 18.3 Å². The van der Waals surface area contributed by atoms with E-state index in [1.54, 1.807) is 0 Å². The molecule has 0 amide bonds. The topological polar surface area (TPSA) is 0 Å². The van der Waals surface area contributed by atoms with Crippen molar-refractivity contribution in [2.75, 3.05) is 0 Å². The van der Waals surface area contributed by atoms with E-state index in [2.05, 4.69) is 184 Å². The summed E-state index contributed by atoms with van der Waals surface area (Å²) in [6.45, 7) is 4.78. The third-order valence-electron chi connectivity index (χ3n) is 12.3. The van der Waals surface area contributed by atoms with Gasteiger partial charge in [0.05, 0.1) is 0 Å². The van der Waals surface area contributed by atoms with Gasteiger partial charge in [-0.25, -0.2) is 0 Å². The van der Waals surface area contributed by atoms with E-state index in [4.69, 9.17) is 0 Å². The average molecular weight is 675 g/mol. The van der Waals surface area contributed by atoms with E-state index in [9.17, 15) is 0 Å². The van der Waals surface area contributed by atoms with Crippen LogP contribution in [0.2, 0.25) is 0 Å². The molecule has 0 spiro atoms. The second-order valence-electron chi connectivity index (χ2n) is 15.6. The lowest BCUT2D eigenvalue weighted by atomic mass is 9.80. The highest BCUT2D eigenvalue weighted by molar-refractivity contribution is 6.25. The van der Waals surface area contributed by atoms with Gasteiger partial charge < -0.3 is 0 Å². The maximum atomic E-state index is 2.45. The predicted octanol–water partition coefficient (Wildman–Crippen LogP) is 14.2. The van der Waals surface area contributed by atoms with Gasteiger partial charge in [-0.3, -0.25) is 0 Å². The minimum absolute atomic E-state index is 0.113. The van der Waals surface area contributed by atoms with Crippen molar-refractivity contribution in [2.45, 2.75) is 32.1 Å². The Bertz CT molecular complexity index is 2940. The fourth-order valence-electron chi connectivity index (χ4n) is 9.42. The highest BCUT2D eigenvalue weighted by Gasteiger charge is 2.36. The lowest BCUT2D eigenvalue weighted by molar-refractivity contribution is 0.661. The second-order valence-corrected chi connectivity index (χ2v) is 15.6. The number of benzene rings is 9. The molecule has 0 heteroatoms. The van der Waals surface area contributed by atoms with E-state index in [0.29, 0.717) is 0 Å². The van der Waals surface area contributed by atoms with Crippen LogP contribution >= 0.6 is 0 Å². The molecule has 0 N–H and O–H groups in total.